The number of aliphatic hydroxyl groups is 1. The summed E-state index contributed by atoms with van der Waals surface area (Å²) in [6.07, 6.45) is 0. The lowest BCUT2D eigenvalue weighted by Crippen LogP contribution is -2.36. The Hall–Kier alpha value is -1.60. The van der Waals surface area contributed by atoms with E-state index in [0.717, 1.165) is 6.07 Å². The van der Waals surface area contributed by atoms with Gasteiger partial charge in [0.05, 0.1) is 19.8 Å². The summed E-state index contributed by atoms with van der Waals surface area (Å²) in [7, 11) is 2.61. The van der Waals surface area contributed by atoms with Crippen molar-refractivity contribution >= 4 is 0 Å². The van der Waals surface area contributed by atoms with Crippen molar-refractivity contribution in [1.82, 2.24) is 0 Å². The van der Waals surface area contributed by atoms with Crippen LogP contribution in [-0.4, -0.2) is 37.0 Å². The first-order valence-corrected chi connectivity index (χ1v) is 5.06. The summed E-state index contributed by atoms with van der Waals surface area (Å²) in [4.78, 5) is 0. The average Bonchev–Trinajstić information content (AvgIpc) is 2.36. The molecule has 0 saturated heterocycles. The van der Waals surface area contributed by atoms with Gasteiger partial charge in [0.15, 0.2) is 0 Å². The Kier molecular flexibility index (Phi) is 4.31. The highest BCUT2D eigenvalue weighted by Crippen LogP contribution is 2.41. The first-order chi connectivity index (χ1) is 8.37. The van der Waals surface area contributed by atoms with Crippen LogP contribution in [0.2, 0.25) is 0 Å². The Balaban J connectivity index is 3.31. The summed E-state index contributed by atoms with van der Waals surface area (Å²) in [6, 6.07) is 0.580. The minimum atomic E-state index is -3.57. The molecule has 0 aliphatic rings. The molecule has 0 aliphatic carbocycles. The molecule has 18 heavy (non-hydrogen) atoms. The predicted octanol–water partition coefficient (Wildman–Crippen LogP) is 1.04. The standard InChI is InChI=1S/C11H15F2NO4/c1-17-6-3-7(16)9(8(4-6)18-2)10(14)11(12,13)5-15/h3-4,10,15-16H,5,14H2,1-2H3/t10-/m0/s1. The molecule has 0 saturated carbocycles. The second-order valence-corrected chi connectivity index (χ2v) is 3.66. The quantitative estimate of drug-likeness (QED) is 0.739. The Labute approximate surface area is 103 Å². The summed E-state index contributed by atoms with van der Waals surface area (Å²) >= 11 is 0. The Morgan fingerprint density at radius 1 is 1.33 bits per heavy atom. The summed E-state index contributed by atoms with van der Waals surface area (Å²) in [5.41, 5.74) is 5.08. The molecule has 0 amide bonds. The van der Waals surface area contributed by atoms with Crippen molar-refractivity contribution in [2.24, 2.45) is 5.73 Å². The number of aliphatic hydroxyl groups excluding tert-OH is 1. The third-order valence-corrected chi connectivity index (χ3v) is 2.53. The van der Waals surface area contributed by atoms with Gasteiger partial charge in [-0.3, -0.25) is 0 Å². The van der Waals surface area contributed by atoms with Crippen molar-refractivity contribution in [3.05, 3.63) is 17.7 Å². The van der Waals surface area contributed by atoms with Crippen molar-refractivity contribution in [1.29, 1.82) is 0 Å². The van der Waals surface area contributed by atoms with Gasteiger partial charge in [-0.2, -0.15) is 0 Å². The molecule has 1 aromatic rings. The van der Waals surface area contributed by atoms with Crippen molar-refractivity contribution < 1.29 is 28.5 Å². The van der Waals surface area contributed by atoms with Gasteiger partial charge in [0.1, 0.15) is 29.9 Å². The van der Waals surface area contributed by atoms with Crippen LogP contribution < -0.4 is 15.2 Å². The molecule has 1 aromatic carbocycles. The van der Waals surface area contributed by atoms with Crippen LogP contribution in [0.15, 0.2) is 12.1 Å². The number of alkyl halides is 2. The molecular weight excluding hydrogens is 248 g/mol. The number of methoxy groups -OCH3 is 2. The van der Waals surface area contributed by atoms with E-state index < -0.39 is 24.3 Å². The molecule has 7 heteroatoms. The van der Waals surface area contributed by atoms with E-state index >= 15 is 0 Å². The van der Waals surface area contributed by atoms with Crippen LogP contribution in [0.5, 0.6) is 17.2 Å². The van der Waals surface area contributed by atoms with Gasteiger partial charge in [0, 0.05) is 12.1 Å². The number of aromatic hydroxyl groups is 1. The highest BCUT2D eigenvalue weighted by atomic mass is 19.3. The number of hydrogen-bond donors (Lipinski definition) is 3. The zero-order chi connectivity index (χ0) is 13.9. The highest BCUT2D eigenvalue weighted by Gasteiger charge is 2.40. The molecule has 0 aliphatic heterocycles. The number of nitrogens with two attached hydrogens (primary N) is 1. The summed E-state index contributed by atoms with van der Waals surface area (Å²) in [5.74, 6) is -3.84. The van der Waals surface area contributed by atoms with Crippen molar-refractivity contribution in [3.8, 4) is 17.2 Å². The lowest BCUT2D eigenvalue weighted by Gasteiger charge is -2.24. The van der Waals surface area contributed by atoms with Gasteiger partial charge >= 0.3 is 0 Å². The Morgan fingerprint density at radius 2 is 1.94 bits per heavy atom. The number of benzene rings is 1. The maximum absolute atomic E-state index is 13.3. The van der Waals surface area contributed by atoms with Gasteiger partial charge in [-0.15, -0.1) is 0 Å². The summed E-state index contributed by atoms with van der Waals surface area (Å²) < 4.78 is 36.4. The maximum atomic E-state index is 13.3. The van der Waals surface area contributed by atoms with Gasteiger partial charge in [-0.05, 0) is 0 Å². The zero-order valence-corrected chi connectivity index (χ0v) is 9.98. The fourth-order valence-corrected chi connectivity index (χ4v) is 1.50. The van der Waals surface area contributed by atoms with Gasteiger partial charge in [0.25, 0.3) is 5.92 Å². The molecule has 0 heterocycles. The first kappa shape index (κ1) is 14.5. The van der Waals surface area contributed by atoms with E-state index in [9.17, 15) is 13.9 Å². The van der Waals surface area contributed by atoms with Crippen LogP contribution in [0.25, 0.3) is 0 Å². The van der Waals surface area contributed by atoms with Crippen LogP contribution in [0.4, 0.5) is 8.78 Å². The van der Waals surface area contributed by atoms with E-state index in [4.69, 9.17) is 20.3 Å². The number of rotatable bonds is 5. The van der Waals surface area contributed by atoms with Crippen LogP contribution in [0, 0.1) is 0 Å². The van der Waals surface area contributed by atoms with Crippen molar-refractivity contribution in [3.63, 3.8) is 0 Å². The van der Waals surface area contributed by atoms with Gasteiger partial charge in [-0.25, -0.2) is 8.78 Å². The molecule has 0 unspecified atom stereocenters. The molecule has 0 spiro atoms. The van der Waals surface area contributed by atoms with Crippen molar-refractivity contribution in [2.45, 2.75) is 12.0 Å². The van der Waals surface area contributed by atoms with Gasteiger partial charge in [0.2, 0.25) is 0 Å². The largest absolute Gasteiger partial charge is 0.507 e. The van der Waals surface area contributed by atoms with E-state index in [1.165, 1.54) is 20.3 Å². The molecular formula is C11H15F2NO4. The lowest BCUT2D eigenvalue weighted by molar-refractivity contribution is -0.0720. The average molecular weight is 263 g/mol. The predicted molar refractivity (Wildman–Crippen MR) is 60.2 cm³/mol. The fourth-order valence-electron chi connectivity index (χ4n) is 1.50. The molecule has 5 nitrogen and oxygen atoms in total. The molecule has 102 valence electrons. The van der Waals surface area contributed by atoms with Gasteiger partial charge < -0.3 is 25.4 Å². The van der Waals surface area contributed by atoms with Crippen LogP contribution >= 0.6 is 0 Å². The van der Waals surface area contributed by atoms with E-state index in [-0.39, 0.29) is 17.1 Å². The number of hydrogen-bond acceptors (Lipinski definition) is 5. The smallest absolute Gasteiger partial charge is 0.289 e. The minimum Gasteiger partial charge on any atom is -0.507 e. The van der Waals surface area contributed by atoms with E-state index in [0.29, 0.717) is 0 Å². The summed E-state index contributed by atoms with van der Waals surface area (Å²) in [6.45, 7) is -1.43. The fraction of sp³-hybridized carbons (Fsp3) is 0.455. The molecule has 4 N–H and O–H groups in total. The number of phenolic OH excluding ortho intramolecular Hbond substituents is 1. The third-order valence-electron chi connectivity index (χ3n) is 2.53. The van der Waals surface area contributed by atoms with E-state index in [1.807, 2.05) is 0 Å². The Morgan fingerprint density at radius 3 is 2.39 bits per heavy atom. The lowest BCUT2D eigenvalue weighted by atomic mass is 9.99. The van der Waals surface area contributed by atoms with E-state index in [2.05, 4.69) is 0 Å². The topological polar surface area (TPSA) is 84.9 Å². The van der Waals surface area contributed by atoms with Crippen LogP contribution in [0.1, 0.15) is 11.6 Å². The molecule has 0 aromatic heterocycles. The van der Waals surface area contributed by atoms with Gasteiger partial charge in [-0.1, -0.05) is 0 Å². The molecule has 1 atom stereocenters. The molecule has 0 bridgehead atoms. The molecule has 1 rings (SSSR count). The number of ether oxygens (including phenoxy) is 2. The SMILES string of the molecule is COc1cc(O)c([C@H](N)C(F)(F)CO)c(OC)c1. The Bertz CT molecular complexity index is 426. The molecule has 0 fully saturated rings. The normalized spacial score (nSPS) is 13.2. The third kappa shape index (κ3) is 2.62. The maximum Gasteiger partial charge on any atom is 0.289 e. The highest BCUT2D eigenvalue weighted by molar-refractivity contribution is 5.52. The second kappa shape index (κ2) is 5.36. The monoisotopic (exact) mass is 263 g/mol. The number of phenols is 1. The summed E-state index contributed by atoms with van der Waals surface area (Å²) in [5, 5.41) is 18.3. The zero-order valence-electron chi connectivity index (χ0n) is 9.98. The first-order valence-electron chi connectivity index (χ1n) is 5.06. The second-order valence-electron chi connectivity index (χ2n) is 3.66. The molecule has 0 radical (unpaired) electrons. The van der Waals surface area contributed by atoms with Crippen molar-refractivity contribution in [2.75, 3.05) is 20.8 Å². The number of halogens is 2. The van der Waals surface area contributed by atoms with Crippen LogP contribution in [-0.2, 0) is 0 Å². The van der Waals surface area contributed by atoms with E-state index in [1.54, 1.807) is 0 Å². The minimum absolute atomic E-state index is 0.0347. The van der Waals surface area contributed by atoms with Crippen LogP contribution in [0.3, 0.4) is 0 Å².